The number of hydrogen-bond acceptors (Lipinski definition) is 3. The van der Waals surface area contributed by atoms with Gasteiger partial charge in [-0.3, -0.25) is 4.68 Å². The molecule has 0 aliphatic heterocycles. The fraction of sp³-hybridized carbons (Fsp3) is 0.286. The zero-order valence-corrected chi connectivity index (χ0v) is 10.6. The SMILES string of the molecule is Cc1cc(-c2ccn(C[C@H](C)N)n2)ccc1C#N. The van der Waals surface area contributed by atoms with E-state index in [9.17, 15) is 0 Å². The molecule has 0 bridgehead atoms. The number of rotatable bonds is 3. The van der Waals surface area contributed by atoms with Gasteiger partial charge >= 0.3 is 0 Å². The third kappa shape index (κ3) is 2.58. The summed E-state index contributed by atoms with van der Waals surface area (Å²) in [4.78, 5) is 0. The molecule has 0 spiro atoms. The third-order valence-electron chi connectivity index (χ3n) is 2.76. The van der Waals surface area contributed by atoms with Crippen molar-refractivity contribution in [3.63, 3.8) is 0 Å². The molecular formula is C14H16N4. The summed E-state index contributed by atoms with van der Waals surface area (Å²) < 4.78 is 1.84. The van der Waals surface area contributed by atoms with Crippen LogP contribution in [0.15, 0.2) is 30.5 Å². The number of aryl methyl sites for hydroxylation is 1. The lowest BCUT2D eigenvalue weighted by atomic mass is 10.0. The van der Waals surface area contributed by atoms with Crippen LogP contribution in [0.5, 0.6) is 0 Å². The Kier molecular flexibility index (Phi) is 3.45. The maximum absolute atomic E-state index is 8.90. The van der Waals surface area contributed by atoms with Crippen molar-refractivity contribution in [3.05, 3.63) is 41.6 Å². The van der Waals surface area contributed by atoms with Gasteiger partial charge in [0.1, 0.15) is 0 Å². The number of nitrogens with zero attached hydrogens (tertiary/aromatic N) is 3. The van der Waals surface area contributed by atoms with Gasteiger partial charge in [0.15, 0.2) is 0 Å². The number of benzene rings is 1. The molecule has 1 atom stereocenters. The minimum absolute atomic E-state index is 0.0838. The zero-order valence-electron chi connectivity index (χ0n) is 10.6. The molecule has 2 aromatic rings. The summed E-state index contributed by atoms with van der Waals surface area (Å²) in [6.45, 7) is 4.59. The van der Waals surface area contributed by atoms with Crippen LogP contribution in [-0.2, 0) is 6.54 Å². The molecule has 0 amide bonds. The minimum Gasteiger partial charge on any atom is -0.326 e. The van der Waals surface area contributed by atoms with Crippen LogP contribution in [-0.4, -0.2) is 15.8 Å². The Balaban J connectivity index is 2.29. The van der Waals surface area contributed by atoms with Crippen LogP contribution in [0.25, 0.3) is 11.3 Å². The van der Waals surface area contributed by atoms with E-state index in [1.807, 2.05) is 49.0 Å². The largest absolute Gasteiger partial charge is 0.326 e. The Morgan fingerprint density at radius 2 is 2.22 bits per heavy atom. The Labute approximate surface area is 107 Å². The first-order chi connectivity index (χ1) is 8.60. The van der Waals surface area contributed by atoms with Crippen LogP contribution in [0.4, 0.5) is 0 Å². The first kappa shape index (κ1) is 12.3. The minimum atomic E-state index is 0.0838. The highest BCUT2D eigenvalue weighted by molar-refractivity contribution is 5.61. The maximum Gasteiger partial charge on any atom is 0.0994 e. The summed E-state index contributed by atoms with van der Waals surface area (Å²) >= 11 is 0. The second-order valence-electron chi connectivity index (χ2n) is 4.54. The van der Waals surface area contributed by atoms with Crippen molar-refractivity contribution >= 4 is 0 Å². The Hall–Kier alpha value is -2.12. The van der Waals surface area contributed by atoms with Gasteiger partial charge in [-0.1, -0.05) is 6.07 Å². The monoisotopic (exact) mass is 240 g/mol. The molecule has 0 unspecified atom stereocenters. The lowest BCUT2D eigenvalue weighted by molar-refractivity contribution is 0.540. The number of hydrogen-bond donors (Lipinski definition) is 1. The predicted octanol–water partition coefficient (Wildman–Crippen LogP) is 2.08. The summed E-state index contributed by atoms with van der Waals surface area (Å²) in [5, 5.41) is 13.4. The number of nitrogens with two attached hydrogens (primary N) is 1. The molecule has 1 aromatic carbocycles. The van der Waals surface area contributed by atoms with E-state index < -0.39 is 0 Å². The van der Waals surface area contributed by atoms with E-state index in [4.69, 9.17) is 11.0 Å². The molecule has 2 N–H and O–H groups in total. The van der Waals surface area contributed by atoms with Crippen LogP contribution in [0.3, 0.4) is 0 Å². The summed E-state index contributed by atoms with van der Waals surface area (Å²) in [5.41, 5.74) is 9.34. The van der Waals surface area contributed by atoms with Crippen molar-refractivity contribution in [2.75, 3.05) is 0 Å². The predicted molar refractivity (Wildman–Crippen MR) is 70.8 cm³/mol. The highest BCUT2D eigenvalue weighted by atomic mass is 15.3. The normalized spacial score (nSPS) is 12.1. The molecule has 4 heteroatoms. The lowest BCUT2D eigenvalue weighted by Crippen LogP contribution is -2.22. The summed E-state index contributed by atoms with van der Waals surface area (Å²) in [5.74, 6) is 0. The molecule has 0 aliphatic carbocycles. The topological polar surface area (TPSA) is 67.6 Å². The Morgan fingerprint density at radius 1 is 1.44 bits per heavy atom. The van der Waals surface area contributed by atoms with Crippen molar-refractivity contribution < 1.29 is 0 Å². The molecule has 4 nitrogen and oxygen atoms in total. The first-order valence-corrected chi connectivity index (χ1v) is 5.90. The van der Waals surface area contributed by atoms with Gasteiger partial charge in [-0.05, 0) is 37.6 Å². The highest BCUT2D eigenvalue weighted by Gasteiger charge is 2.05. The standard InChI is InChI=1S/C14H16N4/c1-10-7-12(3-4-13(10)8-15)14-5-6-18(17-14)9-11(2)16/h3-7,11H,9,16H2,1-2H3/t11-/m0/s1. The number of aromatic nitrogens is 2. The molecule has 0 radical (unpaired) electrons. The molecule has 1 heterocycles. The summed E-state index contributed by atoms with van der Waals surface area (Å²) in [6, 6.07) is 9.94. The van der Waals surface area contributed by atoms with E-state index in [-0.39, 0.29) is 6.04 Å². The average Bonchev–Trinajstić information content (AvgIpc) is 2.76. The van der Waals surface area contributed by atoms with Crippen LogP contribution >= 0.6 is 0 Å². The van der Waals surface area contributed by atoms with Gasteiger partial charge in [-0.15, -0.1) is 0 Å². The van der Waals surface area contributed by atoms with Crippen molar-refractivity contribution in [2.24, 2.45) is 5.73 Å². The van der Waals surface area contributed by atoms with Gasteiger partial charge in [0, 0.05) is 17.8 Å². The highest BCUT2D eigenvalue weighted by Crippen LogP contribution is 2.20. The van der Waals surface area contributed by atoms with Gasteiger partial charge in [0.05, 0.1) is 23.9 Å². The molecule has 1 aromatic heterocycles. The first-order valence-electron chi connectivity index (χ1n) is 5.90. The smallest absolute Gasteiger partial charge is 0.0994 e. The van der Waals surface area contributed by atoms with Crippen LogP contribution in [0, 0.1) is 18.3 Å². The lowest BCUT2D eigenvalue weighted by Gasteiger charge is -2.04. The zero-order chi connectivity index (χ0) is 13.1. The Bertz CT molecular complexity index is 590. The van der Waals surface area contributed by atoms with Gasteiger partial charge in [0.2, 0.25) is 0 Å². The fourth-order valence-corrected chi connectivity index (χ4v) is 1.86. The van der Waals surface area contributed by atoms with Crippen molar-refractivity contribution in [1.82, 2.24) is 9.78 Å². The number of nitriles is 1. The van der Waals surface area contributed by atoms with E-state index >= 15 is 0 Å². The quantitative estimate of drug-likeness (QED) is 0.893. The molecule has 0 fully saturated rings. The summed E-state index contributed by atoms with van der Waals surface area (Å²) in [7, 11) is 0. The summed E-state index contributed by atoms with van der Waals surface area (Å²) in [6.07, 6.45) is 1.92. The second-order valence-corrected chi connectivity index (χ2v) is 4.54. The molecule has 18 heavy (non-hydrogen) atoms. The van der Waals surface area contributed by atoms with E-state index in [1.54, 1.807) is 0 Å². The van der Waals surface area contributed by atoms with Crippen molar-refractivity contribution in [1.29, 1.82) is 5.26 Å². The van der Waals surface area contributed by atoms with Gasteiger partial charge in [-0.25, -0.2) is 0 Å². The van der Waals surface area contributed by atoms with Crippen molar-refractivity contribution in [3.8, 4) is 17.3 Å². The van der Waals surface area contributed by atoms with Gasteiger partial charge in [-0.2, -0.15) is 10.4 Å². The van der Waals surface area contributed by atoms with Gasteiger partial charge < -0.3 is 5.73 Å². The molecule has 2 rings (SSSR count). The second kappa shape index (κ2) is 5.03. The van der Waals surface area contributed by atoms with Crippen LogP contribution < -0.4 is 5.73 Å². The average molecular weight is 240 g/mol. The van der Waals surface area contributed by atoms with Crippen LogP contribution in [0.1, 0.15) is 18.1 Å². The fourth-order valence-electron chi connectivity index (χ4n) is 1.86. The van der Waals surface area contributed by atoms with E-state index in [0.29, 0.717) is 12.1 Å². The molecular weight excluding hydrogens is 224 g/mol. The maximum atomic E-state index is 8.90. The van der Waals surface area contributed by atoms with E-state index in [2.05, 4.69) is 11.2 Å². The molecule has 92 valence electrons. The van der Waals surface area contributed by atoms with Gasteiger partial charge in [0.25, 0.3) is 0 Å². The Morgan fingerprint density at radius 3 is 2.83 bits per heavy atom. The molecule has 0 aliphatic rings. The van der Waals surface area contributed by atoms with Crippen LogP contribution in [0.2, 0.25) is 0 Å². The van der Waals surface area contributed by atoms with E-state index in [0.717, 1.165) is 16.8 Å². The van der Waals surface area contributed by atoms with Crippen molar-refractivity contribution in [2.45, 2.75) is 26.4 Å². The molecule has 0 saturated heterocycles. The molecule has 0 saturated carbocycles. The third-order valence-corrected chi connectivity index (χ3v) is 2.76. The van der Waals surface area contributed by atoms with E-state index in [1.165, 1.54) is 0 Å².